The molecule has 0 unspecified atom stereocenters. The summed E-state index contributed by atoms with van der Waals surface area (Å²) in [6, 6.07) is 0.333. The molecule has 8 N–H and O–H groups in total. The molecule has 0 radical (unpaired) electrons. The van der Waals surface area contributed by atoms with Crippen molar-refractivity contribution >= 4 is 0 Å². The number of nitrogens with zero attached hydrogens (tertiary/aromatic N) is 1. The van der Waals surface area contributed by atoms with Gasteiger partial charge >= 0.3 is 0 Å². The quantitative estimate of drug-likeness (QED) is 0.476. The van der Waals surface area contributed by atoms with Crippen molar-refractivity contribution in [2.45, 2.75) is 87.6 Å². The molecule has 0 aromatic carbocycles. The lowest BCUT2D eigenvalue weighted by molar-refractivity contribution is -0.171. The van der Waals surface area contributed by atoms with Crippen LogP contribution in [0.4, 0.5) is 0 Å². The standard InChI is InChI=1S/C9H18N2O.C3H9N.C3H8O.2C2H6.CH4.H3N.2H2/c12-11-6-9(7-11)5-8-1-3-10-4-2-8;1-3(2)4;1-2-3-4;2*1-2;;;;/h8-10,12H,1-7H2;3H,4H2,1-2H3;4H,2-3H2,1H3;2*1-2H3;1H4;1H3;2*1H. The van der Waals surface area contributed by atoms with Crippen molar-refractivity contribution in [2.75, 3.05) is 32.8 Å². The number of rotatable bonds is 3. The van der Waals surface area contributed by atoms with E-state index in [0.29, 0.717) is 12.6 Å². The van der Waals surface area contributed by atoms with E-state index in [4.69, 9.17) is 16.0 Å². The molecule has 0 aliphatic carbocycles. The molecule has 0 spiro atoms. The van der Waals surface area contributed by atoms with Crippen LogP contribution in [0.3, 0.4) is 0 Å². The topological polar surface area (TPSA) is 117 Å². The molecule has 0 atom stereocenters. The first-order valence-electron chi connectivity index (χ1n) is 10.0. The molecular formula is C20H58N4O2. The molecule has 0 bridgehead atoms. The Morgan fingerprint density at radius 3 is 1.69 bits per heavy atom. The van der Waals surface area contributed by atoms with Crippen LogP contribution in [-0.2, 0) is 0 Å². The van der Waals surface area contributed by atoms with E-state index in [1.807, 2.05) is 48.5 Å². The summed E-state index contributed by atoms with van der Waals surface area (Å²) >= 11 is 0. The van der Waals surface area contributed by atoms with Crippen LogP contribution in [0.1, 0.15) is 84.4 Å². The molecule has 0 saturated carbocycles. The summed E-state index contributed by atoms with van der Waals surface area (Å²) in [4.78, 5) is 0. The van der Waals surface area contributed by atoms with E-state index in [-0.39, 0.29) is 16.4 Å². The molecule has 0 amide bonds. The summed E-state index contributed by atoms with van der Waals surface area (Å²) in [5.74, 6) is 1.70. The number of aliphatic hydroxyl groups excluding tert-OH is 1. The molecule has 2 fully saturated rings. The van der Waals surface area contributed by atoms with Crippen LogP contribution in [0, 0.1) is 11.8 Å². The maximum absolute atomic E-state index is 8.97. The summed E-state index contributed by atoms with van der Waals surface area (Å²) in [6.07, 6.45) is 4.88. The number of aliphatic hydroxyl groups is 1. The Hall–Kier alpha value is -0.240. The third kappa shape index (κ3) is 28.6. The largest absolute Gasteiger partial charge is 0.396 e. The van der Waals surface area contributed by atoms with Gasteiger partial charge in [-0.05, 0) is 56.7 Å². The number of hydrogen-bond donors (Lipinski definition) is 5. The molecular weight excluding hydrogens is 328 g/mol. The van der Waals surface area contributed by atoms with Crippen LogP contribution < -0.4 is 17.2 Å². The second-order valence-electron chi connectivity index (χ2n) is 6.13. The van der Waals surface area contributed by atoms with Crippen LogP contribution in [0.25, 0.3) is 0 Å². The Kier molecular flexibility index (Phi) is 41.6. The van der Waals surface area contributed by atoms with Gasteiger partial charge in [0.25, 0.3) is 0 Å². The summed E-state index contributed by atoms with van der Waals surface area (Å²) in [5.41, 5.74) is 5.11. The first-order chi connectivity index (χ1) is 11.5. The van der Waals surface area contributed by atoms with Crippen molar-refractivity contribution in [1.29, 1.82) is 0 Å². The average Bonchev–Trinajstić information content (AvgIpc) is 2.58. The molecule has 2 rings (SSSR count). The number of hydrogen-bond acceptors (Lipinski definition) is 6. The Labute approximate surface area is 168 Å². The fourth-order valence-electron chi connectivity index (χ4n) is 2.28. The molecule has 2 aliphatic rings. The molecule has 170 valence electrons. The number of nitrogens with two attached hydrogens (primary N) is 1. The van der Waals surface area contributed by atoms with Crippen molar-refractivity contribution in [3.05, 3.63) is 0 Å². The lowest BCUT2D eigenvalue weighted by atomic mass is 9.85. The predicted octanol–water partition coefficient (Wildman–Crippen LogP) is 4.78. The van der Waals surface area contributed by atoms with Gasteiger partial charge in [-0.1, -0.05) is 55.9 Å². The van der Waals surface area contributed by atoms with Crippen LogP contribution in [0.5, 0.6) is 0 Å². The number of nitrogens with one attached hydrogen (secondary N) is 1. The lowest BCUT2D eigenvalue weighted by Gasteiger charge is -2.37. The fraction of sp³-hybridized carbons (Fsp3) is 1.00. The molecule has 6 heteroatoms. The first-order valence-corrected chi connectivity index (χ1v) is 10.0. The van der Waals surface area contributed by atoms with E-state index in [2.05, 4.69) is 5.32 Å². The molecule has 6 nitrogen and oxygen atoms in total. The summed E-state index contributed by atoms with van der Waals surface area (Å²) in [5, 5.41) is 21.6. The van der Waals surface area contributed by atoms with Gasteiger partial charge in [0, 0.05) is 22.5 Å². The molecule has 26 heavy (non-hydrogen) atoms. The first kappa shape index (κ1) is 36.6. The average molecular weight is 387 g/mol. The Morgan fingerprint density at radius 1 is 1.08 bits per heavy atom. The van der Waals surface area contributed by atoms with Gasteiger partial charge in [0.05, 0.1) is 0 Å². The highest BCUT2D eigenvalue weighted by molar-refractivity contribution is 4.79. The van der Waals surface area contributed by atoms with Gasteiger partial charge in [0.2, 0.25) is 0 Å². The minimum Gasteiger partial charge on any atom is -0.396 e. The molecule has 2 saturated heterocycles. The zero-order valence-corrected chi connectivity index (χ0v) is 18.2. The maximum atomic E-state index is 8.97. The van der Waals surface area contributed by atoms with Crippen molar-refractivity contribution in [1.82, 2.24) is 16.5 Å². The van der Waals surface area contributed by atoms with Crippen LogP contribution in [0.2, 0.25) is 0 Å². The maximum Gasteiger partial charge on any atom is 0.0428 e. The highest BCUT2D eigenvalue weighted by Gasteiger charge is 2.28. The van der Waals surface area contributed by atoms with E-state index in [1.165, 1.54) is 37.4 Å². The normalized spacial score (nSPS) is 16.3. The van der Waals surface area contributed by atoms with Crippen molar-refractivity contribution in [3.63, 3.8) is 0 Å². The van der Waals surface area contributed by atoms with E-state index >= 15 is 0 Å². The van der Waals surface area contributed by atoms with Gasteiger partial charge in [-0.3, -0.25) is 0 Å². The van der Waals surface area contributed by atoms with Crippen LogP contribution >= 0.6 is 0 Å². The van der Waals surface area contributed by atoms with Crippen molar-refractivity contribution in [2.24, 2.45) is 17.6 Å². The fourth-order valence-corrected chi connectivity index (χ4v) is 2.28. The predicted molar refractivity (Wildman–Crippen MR) is 122 cm³/mol. The van der Waals surface area contributed by atoms with Crippen LogP contribution in [-0.4, -0.2) is 54.2 Å². The highest BCUT2D eigenvalue weighted by Crippen LogP contribution is 2.26. The zero-order chi connectivity index (χ0) is 19.4. The lowest BCUT2D eigenvalue weighted by Crippen LogP contribution is -2.45. The third-order valence-corrected chi connectivity index (χ3v) is 3.29. The zero-order valence-electron chi connectivity index (χ0n) is 18.2. The third-order valence-electron chi connectivity index (χ3n) is 3.29. The van der Waals surface area contributed by atoms with Crippen LogP contribution in [0.15, 0.2) is 0 Å². The van der Waals surface area contributed by atoms with E-state index < -0.39 is 0 Å². The second kappa shape index (κ2) is 29.5. The summed E-state index contributed by atoms with van der Waals surface area (Å²) in [7, 11) is 0. The van der Waals surface area contributed by atoms with Gasteiger partial charge in [-0.2, -0.15) is 5.06 Å². The summed E-state index contributed by atoms with van der Waals surface area (Å²) in [6.45, 7) is 18.3. The van der Waals surface area contributed by atoms with Crippen molar-refractivity contribution in [3.8, 4) is 0 Å². The number of hydroxylamine groups is 2. The Bertz CT molecular complexity index is 214. The van der Waals surface area contributed by atoms with Gasteiger partial charge in [0.1, 0.15) is 0 Å². The second-order valence-corrected chi connectivity index (χ2v) is 6.13. The van der Waals surface area contributed by atoms with E-state index in [1.54, 1.807) is 0 Å². The molecule has 0 aromatic rings. The molecule has 2 aliphatic heterocycles. The Balaban J connectivity index is -0.0000000479. The SMILES string of the molecule is C.CC.CC.CC(C)N.CCCO.N.ON1CC(CC2CCNCC2)C1.[HH].[HH]. The van der Waals surface area contributed by atoms with Gasteiger partial charge in [-0.15, -0.1) is 0 Å². The minimum absolute atomic E-state index is 0. The smallest absolute Gasteiger partial charge is 0.0428 e. The van der Waals surface area contributed by atoms with E-state index in [9.17, 15) is 0 Å². The number of piperidine rings is 1. The van der Waals surface area contributed by atoms with Crippen molar-refractivity contribution < 1.29 is 13.2 Å². The monoisotopic (exact) mass is 386 g/mol. The summed E-state index contributed by atoms with van der Waals surface area (Å²) < 4.78 is 0. The minimum atomic E-state index is 0. The highest BCUT2D eigenvalue weighted by atomic mass is 16.5. The van der Waals surface area contributed by atoms with E-state index in [0.717, 1.165) is 31.3 Å². The van der Waals surface area contributed by atoms with Gasteiger partial charge in [-0.25, -0.2) is 0 Å². The molecule has 2 heterocycles. The van der Waals surface area contributed by atoms with Gasteiger partial charge < -0.3 is 27.5 Å². The van der Waals surface area contributed by atoms with Gasteiger partial charge in [0.15, 0.2) is 0 Å². The molecule has 0 aromatic heterocycles. The Morgan fingerprint density at radius 2 is 1.42 bits per heavy atom.